The maximum absolute atomic E-state index is 5.41. The van der Waals surface area contributed by atoms with E-state index in [4.69, 9.17) is 5.84 Å². The Morgan fingerprint density at radius 2 is 2.47 bits per heavy atom. The molecule has 1 fully saturated rings. The fourth-order valence-electron chi connectivity index (χ4n) is 1.32. The first-order valence-corrected chi connectivity index (χ1v) is 6.02. The van der Waals surface area contributed by atoms with Crippen molar-refractivity contribution >= 4 is 17.3 Å². The van der Waals surface area contributed by atoms with E-state index in [2.05, 4.69) is 34.1 Å². The standard InChI is InChI=1S/C10H16N4S/c1-7(9-3-2-6-15-9)12-10(14-11)13-8-4-5-8/h2-3,6-8H,4-5,11H2,1H3,(H2,12,13,14). The normalized spacial score (nSPS) is 18.7. The molecule has 1 aliphatic carbocycles. The summed E-state index contributed by atoms with van der Waals surface area (Å²) < 4.78 is 0. The van der Waals surface area contributed by atoms with E-state index in [1.54, 1.807) is 11.3 Å². The van der Waals surface area contributed by atoms with Crippen LogP contribution in [0.2, 0.25) is 0 Å². The Hall–Kier alpha value is -1.07. The monoisotopic (exact) mass is 224 g/mol. The number of hydrogen-bond acceptors (Lipinski definition) is 3. The molecule has 4 nitrogen and oxygen atoms in total. The van der Waals surface area contributed by atoms with E-state index in [0.29, 0.717) is 12.0 Å². The molecule has 1 heterocycles. The van der Waals surface area contributed by atoms with Gasteiger partial charge < -0.3 is 5.32 Å². The van der Waals surface area contributed by atoms with Crippen LogP contribution < -0.4 is 16.6 Å². The lowest BCUT2D eigenvalue weighted by Crippen LogP contribution is -2.42. The lowest BCUT2D eigenvalue weighted by molar-refractivity contribution is 0.699. The number of nitrogens with one attached hydrogen (secondary N) is 2. The van der Waals surface area contributed by atoms with Crippen molar-refractivity contribution < 1.29 is 0 Å². The quantitative estimate of drug-likeness (QED) is 0.314. The van der Waals surface area contributed by atoms with E-state index in [1.807, 2.05) is 6.07 Å². The number of aliphatic imine (C=N–C) groups is 1. The molecule has 5 heteroatoms. The molecule has 1 saturated carbocycles. The Morgan fingerprint density at radius 1 is 1.67 bits per heavy atom. The lowest BCUT2D eigenvalue weighted by atomic mass is 10.3. The highest BCUT2D eigenvalue weighted by Gasteiger charge is 2.21. The van der Waals surface area contributed by atoms with Crippen LogP contribution in [0.15, 0.2) is 22.5 Å². The van der Waals surface area contributed by atoms with E-state index in [0.717, 1.165) is 0 Å². The molecule has 4 N–H and O–H groups in total. The number of nitrogens with zero attached hydrogens (tertiary/aromatic N) is 1. The Morgan fingerprint density at radius 3 is 3.00 bits per heavy atom. The molecule has 0 aromatic carbocycles. The first-order chi connectivity index (χ1) is 7.29. The van der Waals surface area contributed by atoms with Gasteiger partial charge in [-0.15, -0.1) is 11.3 Å². The van der Waals surface area contributed by atoms with Crippen molar-refractivity contribution in [3.8, 4) is 0 Å². The van der Waals surface area contributed by atoms with Gasteiger partial charge in [-0.3, -0.25) is 5.43 Å². The third kappa shape index (κ3) is 2.94. The molecule has 1 unspecified atom stereocenters. The fraction of sp³-hybridized carbons (Fsp3) is 0.500. The van der Waals surface area contributed by atoms with Crippen LogP contribution in [0.3, 0.4) is 0 Å². The van der Waals surface area contributed by atoms with Crippen molar-refractivity contribution in [2.75, 3.05) is 0 Å². The first-order valence-electron chi connectivity index (χ1n) is 5.14. The molecule has 82 valence electrons. The molecule has 1 aromatic rings. The summed E-state index contributed by atoms with van der Waals surface area (Å²) in [6, 6.07) is 4.87. The highest BCUT2D eigenvalue weighted by molar-refractivity contribution is 7.10. The number of guanidine groups is 1. The highest BCUT2D eigenvalue weighted by atomic mass is 32.1. The predicted octanol–water partition coefficient (Wildman–Crippen LogP) is 1.38. The second-order valence-corrected chi connectivity index (χ2v) is 4.71. The van der Waals surface area contributed by atoms with Crippen LogP contribution in [0, 0.1) is 0 Å². The van der Waals surface area contributed by atoms with Gasteiger partial charge in [-0.2, -0.15) is 0 Å². The molecule has 0 amide bonds. The van der Waals surface area contributed by atoms with Crippen LogP contribution in [0.4, 0.5) is 0 Å². The molecular weight excluding hydrogens is 208 g/mol. The predicted molar refractivity (Wildman–Crippen MR) is 63.6 cm³/mol. The topological polar surface area (TPSA) is 62.4 Å². The molecular formula is C10H16N4S. The van der Waals surface area contributed by atoms with Crippen LogP contribution in [0.25, 0.3) is 0 Å². The van der Waals surface area contributed by atoms with Crippen molar-refractivity contribution in [2.45, 2.75) is 31.8 Å². The minimum Gasteiger partial charge on any atom is -0.348 e. The number of hydrazine groups is 1. The van der Waals surface area contributed by atoms with E-state index in [1.165, 1.54) is 17.7 Å². The summed E-state index contributed by atoms with van der Waals surface area (Å²) in [4.78, 5) is 5.72. The molecule has 0 saturated heterocycles. The van der Waals surface area contributed by atoms with E-state index >= 15 is 0 Å². The summed E-state index contributed by atoms with van der Waals surface area (Å²) >= 11 is 1.73. The Bertz CT molecular complexity index is 329. The van der Waals surface area contributed by atoms with Crippen molar-refractivity contribution in [1.29, 1.82) is 0 Å². The second-order valence-electron chi connectivity index (χ2n) is 3.73. The third-order valence-corrected chi connectivity index (χ3v) is 3.37. The van der Waals surface area contributed by atoms with E-state index in [9.17, 15) is 0 Å². The Balaban J connectivity index is 1.94. The van der Waals surface area contributed by atoms with Crippen LogP contribution in [0.5, 0.6) is 0 Å². The van der Waals surface area contributed by atoms with Crippen LogP contribution in [0.1, 0.15) is 30.7 Å². The van der Waals surface area contributed by atoms with Gasteiger partial charge in [-0.05, 0) is 31.2 Å². The van der Waals surface area contributed by atoms with E-state index < -0.39 is 0 Å². The van der Waals surface area contributed by atoms with Gasteiger partial charge in [0.25, 0.3) is 0 Å². The van der Waals surface area contributed by atoms with Gasteiger partial charge in [0.1, 0.15) is 0 Å². The molecule has 0 aliphatic heterocycles. The van der Waals surface area contributed by atoms with Gasteiger partial charge in [-0.25, -0.2) is 10.8 Å². The molecule has 1 aromatic heterocycles. The SMILES string of the molecule is CC(NC(=NC1CC1)NN)c1cccs1. The van der Waals surface area contributed by atoms with Crippen molar-refractivity contribution in [2.24, 2.45) is 10.8 Å². The van der Waals surface area contributed by atoms with Crippen LogP contribution in [-0.4, -0.2) is 12.0 Å². The average molecular weight is 224 g/mol. The summed E-state index contributed by atoms with van der Waals surface area (Å²) in [7, 11) is 0. The van der Waals surface area contributed by atoms with Gasteiger partial charge in [0.2, 0.25) is 5.96 Å². The number of thiophene rings is 1. The van der Waals surface area contributed by atoms with Crippen molar-refractivity contribution in [1.82, 2.24) is 10.7 Å². The second kappa shape index (κ2) is 4.63. The zero-order valence-electron chi connectivity index (χ0n) is 8.73. The molecule has 0 bridgehead atoms. The van der Waals surface area contributed by atoms with Crippen LogP contribution in [-0.2, 0) is 0 Å². The Labute approximate surface area is 93.6 Å². The summed E-state index contributed by atoms with van der Waals surface area (Å²) in [6.45, 7) is 2.10. The molecule has 0 spiro atoms. The minimum absolute atomic E-state index is 0.249. The van der Waals surface area contributed by atoms with Gasteiger partial charge in [-0.1, -0.05) is 6.07 Å². The average Bonchev–Trinajstić information content (AvgIpc) is 2.88. The fourth-order valence-corrected chi connectivity index (χ4v) is 2.05. The maximum atomic E-state index is 5.41. The summed E-state index contributed by atoms with van der Waals surface area (Å²) in [5.41, 5.74) is 2.61. The molecule has 1 atom stereocenters. The van der Waals surface area contributed by atoms with E-state index in [-0.39, 0.29) is 6.04 Å². The molecule has 1 aliphatic rings. The molecule has 15 heavy (non-hydrogen) atoms. The van der Waals surface area contributed by atoms with Crippen molar-refractivity contribution in [3.63, 3.8) is 0 Å². The molecule has 0 radical (unpaired) electrons. The molecule has 2 rings (SSSR count). The first kappa shape index (κ1) is 10.4. The largest absolute Gasteiger partial charge is 0.348 e. The van der Waals surface area contributed by atoms with Gasteiger partial charge in [0, 0.05) is 4.88 Å². The summed E-state index contributed by atoms with van der Waals surface area (Å²) in [6.07, 6.45) is 2.36. The van der Waals surface area contributed by atoms with Crippen molar-refractivity contribution in [3.05, 3.63) is 22.4 Å². The lowest BCUT2D eigenvalue weighted by Gasteiger charge is -2.14. The zero-order chi connectivity index (χ0) is 10.7. The maximum Gasteiger partial charge on any atom is 0.206 e. The van der Waals surface area contributed by atoms with Gasteiger partial charge >= 0.3 is 0 Å². The minimum atomic E-state index is 0.249. The zero-order valence-corrected chi connectivity index (χ0v) is 9.55. The number of hydrogen-bond donors (Lipinski definition) is 3. The summed E-state index contributed by atoms with van der Waals surface area (Å²) in [5.74, 6) is 6.10. The third-order valence-electron chi connectivity index (χ3n) is 2.32. The van der Waals surface area contributed by atoms with Gasteiger partial charge in [0.15, 0.2) is 0 Å². The van der Waals surface area contributed by atoms with Gasteiger partial charge in [0.05, 0.1) is 12.1 Å². The Kier molecular flexibility index (Phi) is 3.23. The smallest absolute Gasteiger partial charge is 0.206 e. The number of nitrogens with two attached hydrogens (primary N) is 1. The highest BCUT2D eigenvalue weighted by Crippen LogP contribution is 2.23. The van der Waals surface area contributed by atoms with Crippen LogP contribution >= 0.6 is 11.3 Å². The summed E-state index contributed by atoms with van der Waals surface area (Å²) in [5, 5.41) is 5.34. The number of rotatable bonds is 3.